The third-order valence-corrected chi connectivity index (χ3v) is 7.87. The number of thioether (sulfide) groups is 1. The maximum Gasteiger partial charge on any atom is 0.316 e. The predicted molar refractivity (Wildman–Crippen MR) is 82.7 cm³/mol. The van der Waals surface area contributed by atoms with E-state index in [0.717, 1.165) is 22.1 Å². The van der Waals surface area contributed by atoms with Crippen LogP contribution in [0.5, 0.6) is 0 Å². The molecule has 0 aromatic carbocycles. The molecule has 1 N–H and O–H groups in total. The summed E-state index contributed by atoms with van der Waals surface area (Å²) < 4.78 is 0.815. The van der Waals surface area contributed by atoms with Gasteiger partial charge in [-0.25, -0.2) is 0 Å². The standard InChI is InChI=1S/C15H20N2O2S2/c1-8(12(18)19)20-14-17-16-13(21-14)15-5-9-2-10(6-15)4-11(3-9)7-15/h8-11H,2-7H2,1H3,(H,18,19). The lowest BCUT2D eigenvalue weighted by Gasteiger charge is -2.55. The van der Waals surface area contributed by atoms with E-state index in [-0.39, 0.29) is 5.41 Å². The molecular formula is C15H20N2O2S2. The molecular weight excluding hydrogens is 304 g/mol. The highest BCUT2D eigenvalue weighted by molar-refractivity contribution is 8.02. The SMILES string of the molecule is CC(Sc1nnc(C23CC4CC(CC(C4)C2)C3)s1)C(=O)O. The zero-order chi connectivity index (χ0) is 14.6. The van der Waals surface area contributed by atoms with Gasteiger partial charge in [-0.2, -0.15) is 0 Å². The first-order valence-electron chi connectivity index (χ1n) is 7.77. The van der Waals surface area contributed by atoms with E-state index in [4.69, 9.17) is 5.11 Å². The Labute approximate surface area is 132 Å². The fourth-order valence-electron chi connectivity index (χ4n) is 5.05. The number of aliphatic carboxylic acids is 1. The molecule has 4 fully saturated rings. The molecule has 114 valence electrons. The normalized spacial score (nSPS) is 38.6. The number of carboxylic acids is 1. The van der Waals surface area contributed by atoms with Gasteiger partial charge in [0.2, 0.25) is 0 Å². The van der Waals surface area contributed by atoms with Gasteiger partial charge >= 0.3 is 5.97 Å². The van der Waals surface area contributed by atoms with Crippen LogP contribution in [0.3, 0.4) is 0 Å². The van der Waals surface area contributed by atoms with Gasteiger partial charge in [0.25, 0.3) is 0 Å². The highest BCUT2D eigenvalue weighted by Crippen LogP contribution is 2.61. The predicted octanol–water partition coefficient (Wildman–Crippen LogP) is 3.57. The zero-order valence-corrected chi connectivity index (χ0v) is 13.8. The average Bonchev–Trinajstić information content (AvgIpc) is 2.86. The van der Waals surface area contributed by atoms with E-state index in [2.05, 4.69) is 10.2 Å². The number of carboxylic acid groups (broad SMARTS) is 1. The number of aromatic nitrogens is 2. The van der Waals surface area contributed by atoms with E-state index < -0.39 is 11.2 Å². The van der Waals surface area contributed by atoms with Crippen LogP contribution >= 0.6 is 23.1 Å². The van der Waals surface area contributed by atoms with Crippen molar-refractivity contribution in [3.8, 4) is 0 Å². The molecule has 1 unspecified atom stereocenters. The molecule has 1 atom stereocenters. The first-order valence-corrected chi connectivity index (χ1v) is 9.47. The Morgan fingerprint density at radius 2 is 1.81 bits per heavy atom. The van der Waals surface area contributed by atoms with E-state index in [9.17, 15) is 4.79 Å². The van der Waals surface area contributed by atoms with Crippen LogP contribution in [-0.2, 0) is 10.2 Å². The van der Waals surface area contributed by atoms with Crippen LogP contribution in [-0.4, -0.2) is 26.5 Å². The molecule has 4 aliphatic carbocycles. The zero-order valence-electron chi connectivity index (χ0n) is 12.1. The van der Waals surface area contributed by atoms with E-state index in [1.165, 1.54) is 55.3 Å². The molecule has 0 aliphatic heterocycles. The Balaban J connectivity index is 1.57. The van der Waals surface area contributed by atoms with Crippen LogP contribution in [0.25, 0.3) is 0 Å². The first kappa shape index (κ1) is 14.0. The van der Waals surface area contributed by atoms with Gasteiger partial charge in [-0.05, 0) is 63.2 Å². The Bertz CT molecular complexity index is 536. The minimum Gasteiger partial charge on any atom is -0.480 e. The third kappa shape index (κ3) is 2.40. The molecule has 0 radical (unpaired) electrons. The van der Waals surface area contributed by atoms with Gasteiger partial charge in [-0.1, -0.05) is 23.1 Å². The maximum atomic E-state index is 11.0. The lowest BCUT2D eigenvalue weighted by atomic mass is 9.50. The van der Waals surface area contributed by atoms with Gasteiger partial charge < -0.3 is 5.11 Å². The van der Waals surface area contributed by atoms with Crippen molar-refractivity contribution >= 4 is 29.1 Å². The average molecular weight is 324 g/mol. The van der Waals surface area contributed by atoms with Crippen molar-refractivity contribution in [3.05, 3.63) is 5.01 Å². The summed E-state index contributed by atoms with van der Waals surface area (Å²) in [7, 11) is 0. The topological polar surface area (TPSA) is 63.1 Å². The second-order valence-electron chi connectivity index (χ2n) is 7.17. The third-order valence-electron chi connectivity index (χ3n) is 5.52. The number of nitrogens with zero attached hydrogens (tertiary/aromatic N) is 2. The summed E-state index contributed by atoms with van der Waals surface area (Å²) in [5.74, 6) is 1.91. The van der Waals surface area contributed by atoms with Crippen LogP contribution < -0.4 is 0 Å². The van der Waals surface area contributed by atoms with Gasteiger partial charge in [-0.15, -0.1) is 10.2 Å². The minimum atomic E-state index is -0.786. The molecule has 1 aromatic rings. The lowest BCUT2D eigenvalue weighted by Crippen LogP contribution is -2.48. The largest absolute Gasteiger partial charge is 0.480 e. The van der Waals surface area contributed by atoms with Crippen LogP contribution in [0.1, 0.15) is 50.5 Å². The van der Waals surface area contributed by atoms with Crippen molar-refractivity contribution in [1.29, 1.82) is 0 Å². The van der Waals surface area contributed by atoms with Gasteiger partial charge in [-0.3, -0.25) is 4.79 Å². The minimum absolute atomic E-state index is 0.275. The van der Waals surface area contributed by atoms with Crippen molar-refractivity contribution in [1.82, 2.24) is 10.2 Å². The Hall–Kier alpha value is -0.620. The van der Waals surface area contributed by atoms with E-state index in [1.807, 2.05) is 0 Å². The molecule has 6 heteroatoms. The summed E-state index contributed by atoms with van der Waals surface area (Å²) in [5, 5.41) is 18.5. The Morgan fingerprint density at radius 1 is 1.24 bits per heavy atom. The fourth-order valence-corrected chi connectivity index (χ4v) is 7.19. The van der Waals surface area contributed by atoms with Crippen molar-refractivity contribution in [2.24, 2.45) is 17.8 Å². The molecule has 0 saturated heterocycles. The molecule has 4 saturated carbocycles. The Morgan fingerprint density at radius 3 is 2.33 bits per heavy atom. The molecule has 0 amide bonds. The molecule has 4 bridgehead atoms. The number of hydrogen-bond donors (Lipinski definition) is 1. The summed E-state index contributed by atoms with van der Waals surface area (Å²) in [5.41, 5.74) is 0.275. The second-order valence-corrected chi connectivity index (χ2v) is 9.73. The summed E-state index contributed by atoms with van der Waals surface area (Å²) in [4.78, 5) is 11.0. The van der Waals surface area contributed by atoms with E-state index >= 15 is 0 Å². The number of hydrogen-bond acceptors (Lipinski definition) is 5. The summed E-state index contributed by atoms with van der Waals surface area (Å²) in [6, 6.07) is 0. The highest BCUT2D eigenvalue weighted by Gasteiger charge is 2.53. The summed E-state index contributed by atoms with van der Waals surface area (Å²) in [6.07, 6.45) is 8.13. The van der Waals surface area contributed by atoms with Gasteiger partial charge in [0.1, 0.15) is 10.3 Å². The van der Waals surface area contributed by atoms with Crippen molar-refractivity contribution in [3.63, 3.8) is 0 Å². The van der Waals surface area contributed by atoms with Gasteiger partial charge in [0.05, 0.1) is 0 Å². The summed E-state index contributed by atoms with van der Waals surface area (Å²) in [6.45, 7) is 1.71. The lowest BCUT2D eigenvalue weighted by molar-refractivity contribution is -0.136. The van der Waals surface area contributed by atoms with Gasteiger partial charge in [0.15, 0.2) is 4.34 Å². The van der Waals surface area contributed by atoms with Crippen LogP contribution in [0.15, 0.2) is 4.34 Å². The Kier molecular flexibility index (Phi) is 3.30. The maximum absolute atomic E-state index is 11.0. The smallest absolute Gasteiger partial charge is 0.316 e. The van der Waals surface area contributed by atoms with Crippen molar-refractivity contribution in [2.75, 3.05) is 0 Å². The second kappa shape index (κ2) is 4.95. The van der Waals surface area contributed by atoms with Crippen LogP contribution in [0, 0.1) is 17.8 Å². The van der Waals surface area contributed by atoms with E-state index in [1.54, 1.807) is 18.3 Å². The molecule has 21 heavy (non-hydrogen) atoms. The number of rotatable bonds is 4. The quantitative estimate of drug-likeness (QED) is 0.858. The molecule has 5 rings (SSSR count). The van der Waals surface area contributed by atoms with Crippen LogP contribution in [0.2, 0.25) is 0 Å². The monoisotopic (exact) mass is 324 g/mol. The number of carbonyl (C=O) groups is 1. The molecule has 0 spiro atoms. The van der Waals surface area contributed by atoms with Crippen LogP contribution in [0.4, 0.5) is 0 Å². The molecule has 4 aliphatic rings. The molecule has 1 aromatic heterocycles. The van der Waals surface area contributed by atoms with Gasteiger partial charge in [0, 0.05) is 5.41 Å². The molecule has 4 nitrogen and oxygen atoms in total. The molecule has 1 heterocycles. The fraction of sp³-hybridized carbons (Fsp3) is 0.800. The summed E-state index contributed by atoms with van der Waals surface area (Å²) >= 11 is 2.97. The highest BCUT2D eigenvalue weighted by atomic mass is 32.2. The van der Waals surface area contributed by atoms with Crippen molar-refractivity contribution < 1.29 is 9.90 Å². The van der Waals surface area contributed by atoms with Crippen molar-refractivity contribution in [2.45, 2.75) is 60.5 Å². The van der Waals surface area contributed by atoms with E-state index in [0.29, 0.717) is 0 Å². The first-order chi connectivity index (χ1) is 10.0.